The number of benzene rings is 1. The van der Waals surface area contributed by atoms with E-state index in [0.29, 0.717) is 28.5 Å². The standard InChI is InChI=1S/C20H18F4N4/c21-16-12-14(7-8-25-16)18-17(13-5-4-6-15(11-13)20(22,23)24)26-19(27-18)28-9-2-1-3-10-28/h4-8,11-12H,1-3,9-10H2,(H,26,27). The van der Waals surface area contributed by atoms with E-state index in [1.807, 2.05) is 0 Å². The number of nitrogens with one attached hydrogen (secondary N) is 1. The van der Waals surface area contributed by atoms with Gasteiger partial charge < -0.3 is 9.88 Å². The predicted molar refractivity (Wildman–Crippen MR) is 98.3 cm³/mol. The lowest BCUT2D eigenvalue weighted by molar-refractivity contribution is -0.137. The van der Waals surface area contributed by atoms with Crippen LogP contribution in [0.3, 0.4) is 0 Å². The van der Waals surface area contributed by atoms with E-state index in [1.54, 1.807) is 12.1 Å². The van der Waals surface area contributed by atoms with Gasteiger partial charge in [0, 0.05) is 36.5 Å². The van der Waals surface area contributed by atoms with E-state index < -0.39 is 17.7 Å². The summed E-state index contributed by atoms with van der Waals surface area (Å²) >= 11 is 0. The number of anilines is 1. The van der Waals surface area contributed by atoms with Crippen molar-refractivity contribution in [2.24, 2.45) is 0 Å². The molecule has 0 saturated carbocycles. The van der Waals surface area contributed by atoms with E-state index in [4.69, 9.17) is 0 Å². The Bertz CT molecular complexity index is 974. The van der Waals surface area contributed by atoms with Crippen LogP contribution in [0.4, 0.5) is 23.5 Å². The van der Waals surface area contributed by atoms with E-state index in [1.165, 1.54) is 18.3 Å². The second-order valence-electron chi connectivity index (χ2n) is 6.78. The van der Waals surface area contributed by atoms with Crippen LogP contribution in [0.15, 0.2) is 42.6 Å². The lowest BCUT2D eigenvalue weighted by Crippen LogP contribution is -2.30. The zero-order valence-corrected chi connectivity index (χ0v) is 14.9. The summed E-state index contributed by atoms with van der Waals surface area (Å²) in [4.78, 5) is 13.4. The van der Waals surface area contributed by atoms with Crippen molar-refractivity contribution in [3.05, 3.63) is 54.1 Å². The van der Waals surface area contributed by atoms with Crippen LogP contribution >= 0.6 is 0 Å². The lowest BCUT2D eigenvalue weighted by Gasteiger charge is -2.25. The topological polar surface area (TPSA) is 44.8 Å². The molecular weight excluding hydrogens is 372 g/mol. The number of piperidine rings is 1. The Hall–Kier alpha value is -2.90. The van der Waals surface area contributed by atoms with Crippen LogP contribution in [-0.2, 0) is 6.18 Å². The SMILES string of the molecule is Fc1cc(-c2[nH]c(N3CCCCC3)nc2-c2cccc(C(F)(F)F)c2)ccn1. The Balaban J connectivity index is 1.84. The predicted octanol–water partition coefficient (Wildman–Crippen LogP) is 5.29. The van der Waals surface area contributed by atoms with Gasteiger partial charge in [0.2, 0.25) is 11.9 Å². The summed E-state index contributed by atoms with van der Waals surface area (Å²) in [5.41, 5.74) is 0.884. The molecule has 1 aromatic carbocycles. The van der Waals surface area contributed by atoms with E-state index in [-0.39, 0.29) is 0 Å². The first-order valence-electron chi connectivity index (χ1n) is 9.06. The van der Waals surface area contributed by atoms with Crippen LogP contribution in [-0.4, -0.2) is 28.0 Å². The largest absolute Gasteiger partial charge is 0.416 e. The number of imidazole rings is 1. The number of halogens is 4. The van der Waals surface area contributed by atoms with Gasteiger partial charge >= 0.3 is 6.18 Å². The van der Waals surface area contributed by atoms with Crippen molar-refractivity contribution in [3.8, 4) is 22.5 Å². The van der Waals surface area contributed by atoms with Crippen molar-refractivity contribution >= 4 is 5.95 Å². The van der Waals surface area contributed by atoms with Crippen LogP contribution in [0.1, 0.15) is 24.8 Å². The zero-order chi connectivity index (χ0) is 19.7. The zero-order valence-electron chi connectivity index (χ0n) is 14.9. The fourth-order valence-corrected chi connectivity index (χ4v) is 3.43. The van der Waals surface area contributed by atoms with Gasteiger partial charge in [0.05, 0.1) is 17.0 Å². The normalized spacial score (nSPS) is 15.1. The molecule has 3 heterocycles. The first-order chi connectivity index (χ1) is 13.4. The van der Waals surface area contributed by atoms with Crippen molar-refractivity contribution in [1.82, 2.24) is 15.0 Å². The average molecular weight is 390 g/mol. The van der Waals surface area contributed by atoms with E-state index in [9.17, 15) is 17.6 Å². The van der Waals surface area contributed by atoms with Gasteiger partial charge in [-0.3, -0.25) is 0 Å². The summed E-state index contributed by atoms with van der Waals surface area (Å²) in [6.07, 6.45) is 0.0602. The van der Waals surface area contributed by atoms with Crippen LogP contribution in [0.5, 0.6) is 0 Å². The quantitative estimate of drug-likeness (QED) is 0.488. The van der Waals surface area contributed by atoms with Gasteiger partial charge in [0.25, 0.3) is 0 Å². The average Bonchev–Trinajstić information content (AvgIpc) is 3.14. The maximum Gasteiger partial charge on any atom is 0.416 e. The summed E-state index contributed by atoms with van der Waals surface area (Å²) in [6.45, 7) is 1.64. The Kier molecular flexibility index (Phi) is 4.78. The fourth-order valence-electron chi connectivity index (χ4n) is 3.43. The van der Waals surface area contributed by atoms with E-state index >= 15 is 0 Å². The number of pyridine rings is 1. The van der Waals surface area contributed by atoms with Gasteiger partial charge in [-0.25, -0.2) is 9.97 Å². The van der Waals surface area contributed by atoms with Crippen molar-refractivity contribution in [1.29, 1.82) is 0 Å². The third-order valence-corrected chi connectivity index (χ3v) is 4.83. The first-order valence-corrected chi connectivity index (χ1v) is 9.06. The van der Waals surface area contributed by atoms with Crippen LogP contribution in [0, 0.1) is 5.95 Å². The monoisotopic (exact) mass is 390 g/mol. The highest BCUT2D eigenvalue weighted by atomic mass is 19.4. The van der Waals surface area contributed by atoms with Crippen LogP contribution in [0.2, 0.25) is 0 Å². The van der Waals surface area contributed by atoms with Gasteiger partial charge in [-0.1, -0.05) is 12.1 Å². The lowest BCUT2D eigenvalue weighted by atomic mass is 10.0. The molecule has 0 unspecified atom stereocenters. The number of H-pyrrole nitrogens is 1. The molecule has 1 fully saturated rings. The minimum Gasteiger partial charge on any atom is -0.342 e. The molecule has 4 nitrogen and oxygen atoms in total. The third-order valence-electron chi connectivity index (χ3n) is 4.83. The smallest absolute Gasteiger partial charge is 0.342 e. The summed E-state index contributed by atoms with van der Waals surface area (Å²) in [7, 11) is 0. The maximum atomic E-state index is 13.7. The van der Waals surface area contributed by atoms with Crippen molar-refractivity contribution in [3.63, 3.8) is 0 Å². The molecule has 0 radical (unpaired) electrons. The highest BCUT2D eigenvalue weighted by molar-refractivity contribution is 5.80. The number of rotatable bonds is 3. The fraction of sp³-hybridized carbons (Fsp3) is 0.300. The van der Waals surface area contributed by atoms with E-state index in [0.717, 1.165) is 44.5 Å². The summed E-state index contributed by atoms with van der Waals surface area (Å²) in [5.74, 6) is -0.0825. The molecule has 0 amide bonds. The van der Waals surface area contributed by atoms with Gasteiger partial charge in [-0.05, 0) is 37.5 Å². The Labute approximate surface area is 159 Å². The number of hydrogen-bond donors (Lipinski definition) is 1. The Morgan fingerprint density at radius 3 is 2.46 bits per heavy atom. The molecular formula is C20H18F4N4. The maximum absolute atomic E-state index is 13.7. The molecule has 1 aliphatic heterocycles. The number of nitrogens with zero attached hydrogens (tertiary/aromatic N) is 3. The third kappa shape index (κ3) is 3.72. The molecule has 0 atom stereocenters. The van der Waals surface area contributed by atoms with Gasteiger partial charge in [-0.15, -0.1) is 0 Å². The number of aromatic amines is 1. The Morgan fingerprint density at radius 1 is 0.964 bits per heavy atom. The van der Waals surface area contributed by atoms with E-state index in [2.05, 4.69) is 19.9 Å². The van der Waals surface area contributed by atoms with Gasteiger partial charge in [0.1, 0.15) is 0 Å². The second-order valence-corrected chi connectivity index (χ2v) is 6.78. The molecule has 1 saturated heterocycles. The number of aromatic nitrogens is 3. The molecule has 0 spiro atoms. The minimum absolute atomic E-state index is 0.321. The summed E-state index contributed by atoms with van der Waals surface area (Å²) in [5, 5.41) is 0. The molecule has 1 N–H and O–H groups in total. The molecule has 0 bridgehead atoms. The Morgan fingerprint density at radius 2 is 1.75 bits per heavy atom. The molecule has 1 aliphatic rings. The van der Waals surface area contributed by atoms with Crippen LogP contribution in [0.25, 0.3) is 22.5 Å². The summed E-state index contributed by atoms with van der Waals surface area (Å²) in [6, 6.07) is 7.86. The highest BCUT2D eigenvalue weighted by Gasteiger charge is 2.31. The van der Waals surface area contributed by atoms with Crippen molar-refractivity contribution in [2.45, 2.75) is 25.4 Å². The molecule has 28 heavy (non-hydrogen) atoms. The molecule has 0 aliphatic carbocycles. The second kappa shape index (κ2) is 7.26. The number of hydrogen-bond acceptors (Lipinski definition) is 3. The highest BCUT2D eigenvalue weighted by Crippen LogP contribution is 2.36. The van der Waals surface area contributed by atoms with Crippen molar-refractivity contribution < 1.29 is 17.6 Å². The first kappa shape index (κ1) is 18.5. The van der Waals surface area contributed by atoms with Gasteiger partial charge in [-0.2, -0.15) is 17.6 Å². The molecule has 2 aromatic heterocycles. The van der Waals surface area contributed by atoms with Crippen molar-refractivity contribution in [2.75, 3.05) is 18.0 Å². The number of alkyl halides is 3. The molecule has 8 heteroatoms. The van der Waals surface area contributed by atoms with Crippen LogP contribution < -0.4 is 4.90 Å². The van der Waals surface area contributed by atoms with Gasteiger partial charge in [0.15, 0.2) is 0 Å². The molecule has 4 rings (SSSR count). The summed E-state index contributed by atoms with van der Waals surface area (Å²) < 4.78 is 53.1. The molecule has 3 aromatic rings. The molecule has 146 valence electrons. The minimum atomic E-state index is -4.45.